The minimum absolute atomic E-state index is 0.0611. The van der Waals surface area contributed by atoms with Crippen LogP contribution in [-0.4, -0.2) is 13.3 Å². The first-order valence-corrected chi connectivity index (χ1v) is 12.9. The third-order valence-electron chi connectivity index (χ3n) is 8.26. The van der Waals surface area contributed by atoms with Crippen molar-refractivity contribution in [3.63, 3.8) is 0 Å². The Labute approximate surface area is 215 Å². The molecule has 0 radical (unpaired) electrons. The Kier molecular flexibility index (Phi) is 7.44. The molecule has 0 spiro atoms. The number of hydrogen-bond acceptors (Lipinski definition) is 4. The molecule has 3 aromatic rings. The lowest BCUT2D eigenvalue weighted by Gasteiger charge is -2.48. The molecular weight excluding hydrogens is 448 g/mol. The number of ether oxygens (including phenoxy) is 3. The molecule has 36 heavy (non-hydrogen) atoms. The summed E-state index contributed by atoms with van der Waals surface area (Å²) in [7, 11) is 1.56. The van der Waals surface area contributed by atoms with Crippen molar-refractivity contribution in [3.8, 4) is 17.2 Å². The quantitative estimate of drug-likeness (QED) is 0.260. The summed E-state index contributed by atoms with van der Waals surface area (Å²) in [4.78, 5) is 12.6. The zero-order valence-corrected chi connectivity index (χ0v) is 22.4. The van der Waals surface area contributed by atoms with Gasteiger partial charge in [0.25, 0.3) is 0 Å². The van der Waals surface area contributed by atoms with Crippen LogP contribution in [0.1, 0.15) is 69.2 Å². The van der Waals surface area contributed by atoms with Crippen LogP contribution in [0.4, 0.5) is 4.79 Å². The van der Waals surface area contributed by atoms with Crippen molar-refractivity contribution in [1.82, 2.24) is 0 Å². The molecule has 1 aliphatic carbocycles. The fourth-order valence-corrected chi connectivity index (χ4v) is 5.41. The Morgan fingerprint density at radius 3 is 2.22 bits per heavy atom. The number of aryl methyl sites for hydroxylation is 2. The molecule has 1 saturated carbocycles. The summed E-state index contributed by atoms with van der Waals surface area (Å²) in [5.41, 5.74) is 4.89. The molecule has 1 aliphatic rings. The Morgan fingerprint density at radius 1 is 0.889 bits per heavy atom. The van der Waals surface area contributed by atoms with Crippen LogP contribution in [0.5, 0.6) is 17.2 Å². The lowest BCUT2D eigenvalue weighted by atomic mass is 9.55. The molecule has 0 N–H and O–H groups in total. The summed E-state index contributed by atoms with van der Waals surface area (Å²) < 4.78 is 16.5. The van der Waals surface area contributed by atoms with Gasteiger partial charge in [-0.2, -0.15) is 0 Å². The highest BCUT2D eigenvalue weighted by Crippen LogP contribution is 2.53. The van der Waals surface area contributed by atoms with E-state index >= 15 is 0 Å². The van der Waals surface area contributed by atoms with Crippen LogP contribution in [0.25, 0.3) is 0 Å². The van der Waals surface area contributed by atoms with Crippen molar-refractivity contribution in [2.75, 3.05) is 7.11 Å². The molecular formula is C32H38O4. The van der Waals surface area contributed by atoms with Crippen molar-refractivity contribution in [3.05, 3.63) is 89.0 Å². The molecule has 190 valence electrons. The molecule has 0 bridgehead atoms. The van der Waals surface area contributed by atoms with E-state index in [1.54, 1.807) is 13.2 Å². The van der Waals surface area contributed by atoms with E-state index < -0.39 is 6.16 Å². The molecule has 0 amide bonds. The zero-order valence-electron chi connectivity index (χ0n) is 22.4. The van der Waals surface area contributed by atoms with Gasteiger partial charge in [-0.3, -0.25) is 0 Å². The maximum absolute atomic E-state index is 12.6. The van der Waals surface area contributed by atoms with E-state index in [1.807, 2.05) is 25.1 Å². The zero-order chi connectivity index (χ0) is 25.9. The molecule has 0 saturated heterocycles. The van der Waals surface area contributed by atoms with Crippen LogP contribution in [0, 0.1) is 18.3 Å². The molecule has 0 aromatic heterocycles. The third kappa shape index (κ3) is 5.13. The van der Waals surface area contributed by atoms with Gasteiger partial charge in [0.15, 0.2) is 11.5 Å². The Balaban J connectivity index is 1.59. The molecule has 4 nitrogen and oxygen atoms in total. The van der Waals surface area contributed by atoms with Gasteiger partial charge in [-0.05, 0) is 84.4 Å². The largest absolute Gasteiger partial charge is 0.519 e. The molecule has 2 atom stereocenters. The van der Waals surface area contributed by atoms with E-state index in [2.05, 4.69) is 70.2 Å². The van der Waals surface area contributed by atoms with Crippen LogP contribution in [0.15, 0.2) is 66.7 Å². The van der Waals surface area contributed by atoms with Gasteiger partial charge in [0.1, 0.15) is 5.75 Å². The monoisotopic (exact) mass is 486 g/mol. The molecule has 0 heterocycles. The van der Waals surface area contributed by atoms with E-state index in [1.165, 1.54) is 11.1 Å². The summed E-state index contributed by atoms with van der Waals surface area (Å²) in [6.45, 7) is 11.2. The standard InChI is InChI=1S/C32H38O4/c1-7-24-13-15-28(29(20-24)34-6)36-30(33)35-27-16-14-26(19-22(27)2)32(25-11-9-8-10-12-25)18-17-31(4,5)23(3)21-32/h8-16,19-20,23H,7,17-18,21H2,1-6H3. The maximum Gasteiger partial charge on any atom is 0.519 e. The van der Waals surface area contributed by atoms with Gasteiger partial charge in [0.05, 0.1) is 7.11 Å². The Morgan fingerprint density at radius 2 is 1.58 bits per heavy atom. The van der Waals surface area contributed by atoms with E-state index in [-0.39, 0.29) is 5.41 Å². The number of methoxy groups -OCH3 is 1. The van der Waals surface area contributed by atoms with Gasteiger partial charge in [-0.25, -0.2) is 4.79 Å². The minimum atomic E-state index is -0.779. The number of benzene rings is 3. The Hall–Kier alpha value is -3.27. The average Bonchev–Trinajstić information content (AvgIpc) is 2.87. The normalized spacial score (nSPS) is 21.0. The Bertz CT molecular complexity index is 1210. The fourth-order valence-electron chi connectivity index (χ4n) is 5.41. The SMILES string of the molecule is CCc1ccc(OC(=O)Oc2ccc(C3(c4ccccc4)CCC(C)(C)C(C)C3)cc2C)c(OC)c1. The first-order chi connectivity index (χ1) is 17.2. The second kappa shape index (κ2) is 10.4. The first-order valence-electron chi connectivity index (χ1n) is 12.9. The molecule has 4 rings (SSSR count). The minimum Gasteiger partial charge on any atom is -0.493 e. The summed E-state index contributed by atoms with van der Waals surface area (Å²) >= 11 is 0. The van der Waals surface area contributed by atoms with Crippen LogP contribution < -0.4 is 14.2 Å². The predicted molar refractivity (Wildman–Crippen MR) is 144 cm³/mol. The van der Waals surface area contributed by atoms with Gasteiger partial charge >= 0.3 is 6.16 Å². The van der Waals surface area contributed by atoms with E-state index in [4.69, 9.17) is 14.2 Å². The van der Waals surface area contributed by atoms with E-state index in [0.717, 1.165) is 36.8 Å². The molecule has 2 unspecified atom stereocenters. The van der Waals surface area contributed by atoms with Gasteiger partial charge < -0.3 is 14.2 Å². The van der Waals surface area contributed by atoms with Crippen LogP contribution in [-0.2, 0) is 11.8 Å². The van der Waals surface area contributed by atoms with Gasteiger partial charge in [-0.15, -0.1) is 0 Å². The van der Waals surface area contributed by atoms with E-state index in [9.17, 15) is 4.79 Å². The lowest BCUT2D eigenvalue weighted by Crippen LogP contribution is -2.41. The average molecular weight is 487 g/mol. The van der Waals surface area contributed by atoms with Gasteiger partial charge in [-0.1, -0.05) is 76.2 Å². The fraction of sp³-hybridized carbons (Fsp3) is 0.406. The second-order valence-electron chi connectivity index (χ2n) is 10.8. The summed E-state index contributed by atoms with van der Waals surface area (Å²) in [5, 5.41) is 0. The predicted octanol–water partition coefficient (Wildman–Crippen LogP) is 8.28. The van der Waals surface area contributed by atoms with Crippen LogP contribution >= 0.6 is 0 Å². The lowest BCUT2D eigenvalue weighted by molar-refractivity contribution is 0.107. The summed E-state index contributed by atoms with van der Waals surface area (Å²) in [6, 6.07) is 22.6. The molecule has 3 aromatic carbocycles. The number of carbonyl (C=O) groups excluding carboxylic acids is 1. The molecule has 4 heteroatoms. The van der Waals surface area contributed by atoms with Crippen molar-refractivity contribution in [2.45, 2.75) is 65.7 Å². The number of hydrogen-bond donors (Lipinski definition) is 0. The van der Waals surface area contributed by atoms with Crippen molar-refractivity contribution in [2.24, 2.45) is 11.3 Å². The smallest absolute Gasteiger partial charge is 0.493 e. The highest BCUT2D eigenvalue weighted by atomic mass is 16.7. The number of carbonyl (C=O) groups is 1. The molecule has 0 aliphatic heterocycles. The van der Waals surface area contributed by atoms with Gasteiger partial charge in [0.2, 0.25) is 0 Å². The van der Waals surface area contributed by atoms with Crippen molar-refractivity contribution < 1.29 is 19.0 Å². The molecule has 1 fully saturated rings. The topological polar surface area (TPSA) is 44.8 Å². The van der Waals surface area contributed by atoms with E-state index in [0.29, 0.717) is 28.6 Å². The third-order valence-corrected chi connectivity index (χ3v) is 8.26. The highest BCUT2D eigenvalue weighted by molar-refractivity contribution is 5.69. The second-order valence-corrected chi connectivity index (χ2v) is 10.8. The van der Waals surface area contributed by atoms with Crippen LogP contribution in [0.2, 0.25) is 0 Å². The van der Waals surface area contributed by atoms with Crippen LogP contribution in [0.3, 0.4) is 0 Å². The van der Waals surface area contributed by atoms with Gasteiger partial charge in [0, 0.05) is 5.41 Å². The first kappa shape index (κ1) is 25.8. The van der Waals surface area contributed by atoms with Crippen molar-refractivity contribution in [1.29, 1.82) is 0 Å². The van der Waals surface area contributed by atoms with Crippen molar-refractivity contribution >= 4 is 6.16 Å². The maximum atomic E-state index is 12.6. The highest BCUT2D eigenvalue weighted by Gasteiger charge is 2.44. The number of rotatable bonds is 6. The summed E-state index contributed by atoms with van der Waals surface area (Å²) in [5.74, 6) is 1.93. The summed E-state index contributed by atoms with van der Waals surface area (Å²) in [6.07, 6.45) is 3.42.